The Labute approximate surface area is 128 Å². The quantitative estimate of drug-likeness (QED) is 0.833. The van der Waals surface area contributed by atoms with E-state index in [2.05, 4.69) is 11.1 Å². The van der Waals surface area contributed by atoms with E-state index in [1.54, 1.807) is 0 Å². The number of sulfonamides is 1. The van der Waals surface area contributed by atoms with E-state index in [1.165, 1.54) is 34.4 Å². The van der Waals surface area contributed by atoms with Crippen LogP contribution in [0.15, 0.2) is 23.2 Å². The van der Waals surface area contributed by atoms with Crippen molar-refractivity contribution in [3.63, 3.8) is 0 Å². The van der Waals surface area contributed by atoms with E-state index in [1.807, 2.05) is 12.3 Å². The zero-order valence-electron chi connectivity index (χ0n) is 11.5. The number of nitriles is 2. The molecule has 0 N–H and O–H groups in total. The Hall–Kier alpha value is -1.61. The second-order valence-corrected chi connectivity index (χ2v) is 7.83. The average molecular weight is 322 g/mol. The molecule has 0 aromatic carbocycles. The van der Waals surface area contributed by atoms with Crippen LogP contribution in [0, 0.1) is 22.7 Å². The molecule has 110 valence electrons. The van der Waals surface area contributed by atoms with E-state index >= 15 is 0 Å². The molecule has 1 aliphatic rings. The molecule has 6 nitrogen and oxygen atoms in total. The van der Waals surface area contributed by atoms with Gasteiger partial charge in [-0.25, -0.2) is 13.4 Å². The van der Waals surface area contributed by atoms with Gasteiger partial charge in [0.1, 0.15) is 21.4 Å². The fourth-order valence-electron chi connectivity index (χ4n) is 2.20. The lowest BCUT2D eigenvalue weighted by atomic mass is 9.99. The summed E-state index contributed by atoms with van der Waals surface area (Å²) in [6.07, 6.45) is 4.09. The standard InChI is InChI=1S/C13H14N4O2S2/c1-20-13(10-15)4-6-17(7-5-13)21(18,19)12-3-2-11(8-14)16-9-12/h2-3,9H,4-7H2,1H3. The summed E-state index contributed by atoms with van der Waals surface area (Å²) < 4.78 is 25.9. The highest BCUT2D eigenvalue weighted by molar-refractivity contribution is 8.00. The zero-order chi connectivity index (χ0) is 15.5. The van der Waals surface area contributed by atoms with Gasteiger partial charge in [-0.05, 0) is 31.2 Å². The molecule has 2 rings (SSSR count). The van der Waals surface area contributed by atoms with Gasteiger partial charge in [0.15, 0.2) is 0 Å². The summed E-state index contributed by atoms with van der Waals surface area (Å²) in [5.41, 5.74) is 0.179. The highest BCUT2D eigenvalue weighted by Crippen LogP contribution is 2.35. The molecule has 1 aliphatic heterocycles. The van der Waals surface area contributed by atoms with Crippen LogP contribution in [0.2, 0.25) is 0 Å². The van der Waals surface area contributed by atoms with Gasteiger partial charge in [0.05, 0.1) is 6.07 Å². The van der Waals surface area contributed by atoms with Crippen molar-refractivity contribution < 1.29 is 8.42 Å². The van der Waals surface area contributed by atoms with Crippen LogP contribution in [0.5, 0.6) is 0 Å². The second-order valence-electron chi connectivity index (χ2n) is 4.71. The number of hydrogen-bond donors (Lipinski definition) is 0. The predicted molar refractivity (Wildman–Crippen MR) is 78.8 cm³/mol. The number of aromatic nitrogens is 1. The maximum absolute atomic E-state index is 12.5. The molecule has 21 heavy (non-hydrogen) atoms. The van der Waals surface area contributed by atoms with Gasteiger partial charge in [-0.3, -0.25) is 0 Å². The lowest BCUT2D eigenvalue weighted by Gasteiger charge is -2.35. The number of nitrogens with zero attached hydrogens (tertiary/aromatic N) is 4. The Morgan fingerprint density at radius 1 is 1.33 bits per heavy atom. The van der Waals surface area contributed by atoms with E-state index < -0.39 is 14.8 Å². The summed E-state index contributed by atoms with van der Waals surface area (Å²) in [6.45, 7) is 0.632. The van der Waals surface area contributed by atoms with Gasteiger partial charge in [-0.1, -0.05) is 0 Å². The van der Waals surface area contributed by atoms with Gasteiger partial charge >= 0.3 is 0 Å². The monoisotopic (exact) mass is 322 g/mol. The van der Waals surface area contributed by atoms with Crippen molar-refractivity contribution in [1.29, 1.82) is 10.5 Å². The molecule has 0 aliphatic carbocycles. The number of rotatable bonds is 3. The molecule has 0 unspecified atom stereocenters. The summed E-state index contributed by atoms with van der Waals surface area (Å²) >= 11 is 1.48. The van der Waals surface area contributed by atoms with Crippen molar-refractivity contribution in [3.05, 3.63) is 24.0 Å². The largest absolute Gasteiger partial charge is 0.244 e. The Morgan fingerprint density at radius 2 is 2.00 bits per heavy atom. The first-order valence-corrected chi connectivity index (χ1v) is 8.97. The van der Waals surface area contributed by atoms with Crippen LogP contribution >= 0.6 is 11.8 Å². The highest BCUT2D eigenvalue weighted by atomic mass is 32.2. The molecule has 1 aromatic rings. The Morgan fingerprint density at radius 3 is 2.43 bits per heavy atom. The molecule has 8 heteroatoms. The third kappa shape index (κ3) is 3.03. The predicted octanol–water partition coefficient (Wildman–Crippen LogP) is 1.36. The SMILES string of the molecule is CSC1(C#N)CCN(S(=O)(=O)c2ccc(C#N)nc2)CC1. The van der Waals surface area contributed by atoms with Crippen molar-refractivity contribution in [3.8, 4) is 12.1 Å². The minimum atomic E-state index is -3.61. The molecule has 0 bridgehead atoms. The van der Waals surface area contributed by atoms with Crippen LogP contribution in [-0.4, -0.2) is 41.8 Å². The van der Waals surface area contributed by atoms with E-state index in [4.69, 9.17) is 5.26 Å². The minimum absolute atomic E-state index is 0.0788. The fraction of sp³-hybridized carbons (Fsp3) is 0.462. The molecular formula is C13H14N4O2S2. The first kappa shape index (κ1) is 15.8. The topological polar surface area (TPSA) is 97.9 Å². The van der Waals surface area contributed by atoms with Gasteiger partial charge in [-0.15, -0.1) is 11.8 Å². The fourth-order valence-corrected chi connectivity index (χ4v) is 4.27. The van der Waals surface area contributed by atoms with Crippen molar-refractivity contribution in [1.82, 2.24) is 9.29 Å². The Balaban J connectivity index is 2.19. The van der Waals surface area contributed by atoms with E-state index in [9.17, 15) is 13.7 Å². The van der Waals surface area contributed by atoms with Crippen LogP contribution in [0.3, 0.4) is 0 Å². The first-order valence-electron chi connectivity index (χ1n) is 6.30. The summed E-state index contributed by atoms with van der Waals surface area (Å²) in [5.74, 6) is 0. The van der Waals surface area contributed by atoms with E-state index in [0.717, 1.165) is 0 Å². The number of pyridine rings is 1. The lowest BCUT2D eigenvalue weighted by Crippen LogP contribution is -2.44. The maximum Gasteiger partial charge on any atom is 0.244 e. The third-order valence-electron chi connectivity index (χ3n) is 3.61. The Kier molecular flexibility index (Phi) is 4.52. The van der Waals surface area contributed by atoms with Crippen molar-refractivity contribution in [2.45, 2.75) is 22.5 Å². The highest BCUT2D eigenvalue weighted by Gasteiger charge is 2.38. The number of hydrogen-bond acceptors (Lipinski definition) is 6. The molecule has 0 spiro atoms. The molecule has 0 saturated carbocycles. The molecule has 2 heterocycles. The summed E-state index contributed by atoms with van der Waals surface area (Å²) in [7, 11) is -3.61. The van der Waals surface area contributed by atoms with Crippen molar-refractivity contribution in [2.24, 2.45) is 0 Å². The van der Waals surface area contributed by atoms with Crippen LogP contribution in [0.4, 0.5) is 0 Å². The lowest BCUT2D eigenvalue weighted by molar-refractivity contribution is 0.327. The van der Waals surface area contributed by atoms with Crippen molar-refractivity contribution in [2.75, 3.05) is 19.3 Å². The van der Waals surface area contributed by atoms with Crippen LogP contribution in [0.1, 0.15) is 18.5 Å². The van der Waals surface area contributed by atoms with Gasteiger partial charge in [0, 0.05) is 19.3 Å². The van der Waals surface area contributed by atoms with E-state index in [0.29, 0.717) is 25.9 Å². The van der Waals surface area contributed by atoms with Crippen molar-refractivity contribution >= 4 is 21.8 Å². The molecule has 1 saturated heterocycles. The summed E-state index contributed by atoms with van der Waals surface area (Å²) in [4.78, 5) is 3.87. The van der Waals surface area contributed by atoms with Crippen LogP contribution < -0.4 is 0 Å². The zero-order valence-corrected chi connectivity index (χ0v) is 13.1. The minimum Gasteiger partial charge on any atom is -0.244 e. The maximum atomic E-state index is 12.5. The van der Waals surface area contributed by atoms with Crippen LogP contribution in [0.25, 0.3) is 0 Å². The normalized spacial score (nSPS) is 18.6. The number of piperidine rings is 1. The van der Waals surface area contributed by atoms with Gasteiger partial charge in [-0.2, -0.15) is 14.8 Å². The van der Waals surface area contributed by atoms with Crippen LogP contribution in [-0.2, 0) is 10.0 Å². The summed E-state index contributed by atoms with van der Waals surface area (Å²) in [6, 6.07) is 6.92. The molecule has 0 radical (unpaired) electrons. The molecule has 1 aromatic heterocycles. The van der Waals surface area contributed by atoms with Gasteiger partial charge < -0.3 is 0 Å². The second kappa shape index (κ2) is 6.02. The molecular weight excluding hydrogens is 308 g/mol. The smallest absolute Gasteiger partial charge is 0.244 e. The summed E-state index contributed by atoms with van der Waals surface area (Å²) in [5, 5.41) is 17.9. The molecule has 0 amide bonds. The van der Waals surface area contributed by atoms with Gasteiger partial charge in [0.2, 0.25) is 10.0 Å². The average Bonchev–Trinajstić information content (AvgIpc) is 2.55. The first-order chi connectivity index (χ1) is 9.97. The Bertz CT molecular complexity index is 693. The molecule has 1 fully saturated rings. The third-order valence-corrected chi connectivity index (χ3v) is 6.78. The van der Waals surface area contributed by atoms with E-state index in [-0.39, 0.29) is 10.6 Å². The number of thioether (sulfide) groups is 1. The van der Waals surface area contributed by atoms with Gasteiger partial charge in [0.25, 0.3) is 0 Å². The molecule has 0 atom stereocenters.